The van der Waals surface area contributed by atoms with E-state index in [4.69, 9.17) is 16.3 Å². The number of amides is 3. The number of ether oxygens (including phenoxy) is 1. The summed E-state index contributed by atoms with van der Waals surface area (Å²) in [6.07, 6.45) is 3.69. The lowest BCUT2D eigenvalue weighted by Crippen LogP contribution is -2.36. The van der Waals surface area contributed by atoms with Crippen molar-refractivity contribution in [2.75, 3.05) is 20.7 Å². The van der Waals surface area contributed by atoms with Gasteiger partial charge in [0.2, 0.25) is 17.7 Å². The number of carbonyl (C=O) groups is 3. The van der Waals surface area contributed by atoms with Gasteiger partial charge >= 0.3 is 0 Å². The first-order valence-corrected chi connectivity index (χ1v) is 9.71. The maximum absolute atomic E-state index is 12.5. The summed E-state index contributed by atoms with van der Waals surface area (Å²) in [6.45, 7) is 0.496. The fourth-order valence-electron chi connectivity index (χ4n) is 4.06. The van der Waals surface area contributed by atoms with Crippen LogP contribution in [0.25, 0.3) is 0 Å². The van der Waals surface area contributed by atoms with E-state index in [1.165, 1.54) is 4.90 Å². The van der Waals surface area contributed by atoms with Crippen molar-refractivity contribution in [3.05, 3.63) is 28.8 Å². The fourth-order valence-corrected chi connectivity index (χ4v) is 4.26. The molecule has 2 fully saturated rings. The van der Waals surface area contributed by atoms with Crippen LogP contribution in [0, 0.1) is 11.8 Å². The molecular formula is C20H25ClN2O4. The second-order valence-corrected chi connectivity index (χ2v) is 7.72. The molecule has 0 bridgehead atoms. The third-order valence-electron chi connectivity index (χ3n) is 5.56. The monoisotopic (exact) mass is 392 g/mol. The Hall–Kier alpha value is -2.08. The molecule has 1 aliphatic carbocycles. The van der Waals surface area contributed by atoms with Gasteiger partial charge in [0.15, 0.2) is 0 Å². The molecule has 1 saturated carbocycles. The molecule has 6 nitrogen and oxygen atoms in total. The van der Waals surface area contributed by atoms with Crippen LogP contribution in [0.2, 0.25) is 5.02 Å². The Morgan fingerprint density at radius 2 is 1.85 bits per heavy atom. The molecule has 0 spiro atoms. The zero-order valence-electron chi connectivity index (χ0n) is 15.7. The first-order valence-electron chi connectivity index (χ1n) is 9.34. The number of nitrogens with zero attached hydrogens (tertiary/aromatic N) is 2. The summed E-state index contributed by atoms with van der Waals surface area (Å²) in [4.78, 5) is 40.4. The van der Waals surface area contributed by atoms with Gasteiger partial charge < -0.3 is 9.64 Å². The molecule has 1 aromatic rings. The molecule has 27 heavy (non-hydrogen) atoms. The Kier molecular flexibility index (Phi) is 6.05. The molecule has 0 radical (unpaired) electrons. The number of benzene rings is 1. The molecule has 3 rings (SSSR count). The van der Waals surface area contributed by atoms with Gasteiger partial charge in [0.25, 0.3) is 0 Å². The van der Waals surface area contributed by atoms with Crippen LogP contribution in [-0.2, 0) is 20.9 Å². The van der Waals surface area contributed by atoms with Gasteiger partial charge in [-0.1, -0.05) is 24.4 Å². The number of halogens is 1. The van der Waals surface area contributed by atoms with Gasteiger partial charge in [-0.15, -0.1) is 0 Å². The number of hydrogen-bond acceptors (Lipinski definition) is 4. The van der Waals surface area contributed by atoms with Gasteiger partial charge in [-0.25, -0.2) is 0 Å². The van der Waals surface area contributed by atoms with E-state index in [2.05, 4.69) is 0 Å². The van der Waals surface area contributed by atoms with E-state index in [1.807, 2.05) is 0 Å². The molecule has 1 heterocycles. The van der Waals surface area contributed by atoms with Crippen molar-refractivity contribution in [2.24, 2.45) is 11.8 Å². The van der Waals surface area contributed by atoms with Crippen molar-refractivity contribution < 1.29 is 19.1 Å². The lowest BCUT2D eigenvalue weighted by Gasteiger charge is -2.21. The highest BCUT2D eigenvalue weighted by atomic mass is 35.5. The highest BCUT2D eigenvalue weighted by Crippen LogP contribution is 2.38. The third kappa shape index (κ3) is 4.10. The first kappa shape index (κ1) is 19.7. The van der Waals surface area contributed by atoms with Crippen LogP contribution in [0.1, 0.15) is 37.7 Å². The Balaban J connectivity index is 1.58. The minimum atomic E-state index is -0.171. The van der Waals surface area contributed by atoms with Crippen molar-refractivity contribution in [3.63, 3.8) is 0 Å². The molecule has 0 N–H and O–H groups in total. The summed E-state index contributed by atoms with van der Waals surface area (Å²) >= 11 is 6.04. The molecule has 1 saturated heterocycles. The summed E-state index contributed by atoms with van der Waals surface area (Å²) in [5, 5.41) is 0.572. The van der Waals surface area contributed by atoms with E-state index in [9.17, 15) is 14.4 Å². The number of likely N-dealkylation sites (tertiary alicyclic amines) is 1. The molecule has 2 atom stereocenters. The summed E-state index contributed by atoms with van der Waals surface area (Å²) < 4.78 is 5.31. The van der Waals surface area contributed by atoms with E-state index in [1.54, 1.807) is 37.3 Å². The number of methoxy groups -OCH3 is 1. The van der Waals surface area contributed by atoms with Crippen molar-refractivity contribution in [1.82, 2.24) is 9.80 Å². The number of imide groups is 1. The largest absolute Gasteiger partial charge is 0.496 e. The van der Waals surface area contributed by atoms with Gasteiger partial charge in [0.1, 0.15) is 5.75 Å². The van der Waals surface area contributed by atoms with Gasteiger partial charge in [-0.3, -0.25) is 19.3 Å². The number of carbonyl (C=O) groups excluding carboxylic acids is 3. The smallest absolute Gasteiger partial charge is 0.233 e. The highest BCUT2D eigenvalue weighted by Gasteiger charge is 2.47. The predicted molar refractivity (Wildman–Crippen MR) is 101 cm³/mol. The molecule has 146 valence electrons. The Morgan fingerprint density at radius 3 is 2.44 bits per heavy atom. The van der Waals surface area contributed by atoms with E-state index < -0.39 is 0 Å². The molecule has 2 unspecified atom stereocenters. The molecule has 0 aromatic heterocycles. The van der Waals surface area contributed by atoms with Crippen molar-refractivity contribution >= 4 is 29.3 Å². The number of rotatable bonds is 6. The van der Waals surface area contributed by atoms with Gasteiger partial charge in [-0.05, 0) is 31.0 Å². The standard InChI is InChI=1S/C20H25ClN2O4/c1-22(12-13-11-14(21)7-8-17(13)27-2)18(24)9-10-23-19(25)15-5-3-4-6-16(15)20(23)26/h7-8,11,15-16H,3-6,9-10,12H2,1-2H3. The third-order valence-corrected chi connectivity index (χ3v) is 5.79. The summed E-state index contributed by atoms with van der Waals surface area (Å²) in [7, 11) is 3.26. The van der Waals surface area contributed by atoms with Crippen LogP contribution in [0.15, 0.2) is 18.2 Å². The maximum atomic E-state index is 12.5. The Bertz CT molecular complexity index is 727. The van der Waals surface area contributed by atoms with E-state index >= 15 is 0 Å². The molecule has 1 aliphatic heterocycles. The SMILES string of the molecule is COc1ccc(Cl)cc1CN(C)C(=O)CCN1C(=O)C2CCCCC2C1=O. The minimum absolute atomic E-state index is 0.100. The zero-order valence-corrected chi connectivity index (χ0v) is 16.5. The average molecular weight is 393 g/mol. The molecule has 7 heteroatoms. The minimum Gasteiger partial charge on any atom is -0.496 e. The van der Waals surface area contributed by atoms with Crippen molar-refractivity contribution in [2.45, 2.75) is 38.6 Å². The normalized spacial score (nSPS) is 22.0. The second-order valence-electron chi connectivity index (χ2n) is 7.28. The lowest BCUT2D eigenvalue weighted by atomic mass is 9.81. The lowest BCUT2D eigenvalue weighted by molar-refractivity contribution is -0.140. The first-order chi connectivity index (χ1) is 12.9. The van der Waals surface area contributed by atoms with Crippen LogP contribution in [0.3, 0.4) is 0 Å². The summed E-state index contributed by atoms with van der Waals surface area (Å²) in [6, 6.07) is 5.26. The summed E-state index contributed by atoms with van der Waals surface area (Å²) in [5.41, 5.74) is 0.806. The van der Waals surface area contributed by atoms with Crippen LogP contribution in [0.5, 0.6) is 5.75 Å². The fraction of sp³-hybridized carbons (Fsp3) is 0.550. The van der Waals surface area contributed by atoms with Crippen LogP contribution < -0.4 is 4.74 Å². The average Bonchev–Trinajstić information content (AvgIpc) is 2.91. The molecule has 1 aromatic carbocycles. The van der Waals surface area contributed by atoms with Crippen LogP contribution in [-0.4, -0.2) is 48.2 Å². The maximum Gasteiger partial charge on any atom is 0.233 e. The van der Waals surface area contributed by atoms with Gasteiger partial charge in [-0.2, -0.15) is 0 Å². The quantitative estimate of drug-likeness (QED) is 0.698. The molecular weight excluding hydrogens is 368 g/mol. The summed E-state index contributed by atoms with van der Waals surface area (Å²) in [5.74, 6) is -0.0153. The van der Waals surface area contributed by atoms with Crippen molar-refractivity contribution in [1.29, 1.82) is 0 Å². The van der Waals surface area contributed by atoms with E-state index in [0.29, 0.717) is 17.3 Å². The predicted octanol–water partition coefficient (Wildman–Crippen LogP) is 2.87. The Morgan fingerprint density at radius 1 is 1.22 bits per heavy atom. The van der Waals surface area contributed by atoms with Crippen molar-refractivity contribution in [3.8, 4) is 5.75 Å². The molecule has 3 amide bonds. The number of hydrogen-bond donors (Lipinski definition) is 0. The van der Waals surface area contributed by atoms with Crippen LogP contribution in [0.4, 0.5) is 0 Å². The second kappa shape index (κ2) is 8.30. The zero-order chi connectivity index (χ0) is 19.6. The van der Waals surface area contributed by atoms with Gasteiger partial charge in [0, 0.05) is 37.1 Å². The highest BCUT2D eigenvalue weighted by molar-refractivity contribution is 6.30. The topological polar surface area (TPSA) is 66.9 Å². The Labute approximate surface area is 164 Å². The van der Waals surface area contributed by atoms with E-state index in [0.717, 1.165) is 31.2 Å². The van der Waals surface area contributed by atoms with Gasteiger partial charge in [0.05, 0.1) is 18.9 Å². The van der Waals surface area contributed by atoms with E-state index in [-0.39, 0.29) is 42.5 Å². The number of fused-ring (bicyclic) bond motifs is 1. The molecule has 2 aliphatic rings. The van der Waals surface area contributed by atoms with Crippen LogP contribution >= 0.6 is 11.6 Å².